The second-order valence-corrected chi connectivity index (χ2v) is 10.1. The van der Waals surface area contributed by atoms with Gasteiger partial charge in [-0.15, -0.1) is 10.2 Å². The van der Waals surface area contributed by atoms with Gasteiger partial charge in [0.2, 0.25) is 23.6 Å². The Balaban J connectivity index is 1.35. The molecule has 198 valence electrons. The minimum absolute atomic E-state index is 0.157. The molecular formula is C29H28N6O4. The van der Waals surface area contributed by atoms with Gasteiger partial charge in [0.05, 0.1) is 17.4 Å². The van der Waals surface area contributed by atoms with Gasteiger partial charge in [0.1, 0.15) is 18.6 Å². The number of aromatic nitrogens is 4. The zero-order chi connectivity index (χ0) is 27.0. The lowest BCUT2D eigenvalue weighted by molar-refractivity contribution is 0.0715. The number of rotatable bonds is 7. The van der Waals surface area contributed by atoms with Crippen molar-refractivity contribution in [1.29, 1.82) is 0 Å². The molecule has 0 radical (unpaired) electrons. The number of benzene rings is 2. The molecule has 2 N–H and O–H groups in total. The molecule has 2 aromatic carbocycles. The molecule has 2 atom stereocenters. The molecule has 1 aliphatic rings. The maximum absolute atomic E-state index is 13.8. The average Bonchev–Trinajstić information content (AvgIpc) is 3.74. The van der Waals surface area contributed by atoms with E-state index in [-0.39, 0.29) is 17.8 Å². The predicted molar refractivity (Wildman–Crippen MR) is 141 cm³/mol. The van der Waals surface area contributed by atoms with E-state index in [4.69, 9.17) is 19.0 Å². The molecule has 10 nitrogen and oxygen atoms in total. The summed E-state index contributed by atoms with van der Waals surface area (Å²) in [5, 5.41) is 8.54. The van der Waals surface area contributed by atoms with Crippen LogP contribution in [0.4, 0.5) is 0 Å². The molecule has 1 aliphatic heterocycles. The third-order valence-corrected chi connectivity index (χ3v) is 6.87. The summed E-state index contributed by atoms with van der Waals surface area (Å²) < 4.78 is 17.3. The van der Waals surface area contributed by atoms with Gasteiger partial charge < -0.3 is 23.9 Å². The van der Waals surface area contributed by atoms with E-state index >= 15 is 0 Å². The molecule has 39 heavy (non-hydrogen) atoms. The Morgan fingerprint density at radius 3 is 2.62 bits per heavy atom. The summed E-state index contributed by atoms with van der Waals surface area (Å²) in [5.74, 6) is 1.31. The van der Waals surface area contributed by atoms with Crippen molar-refractivity contribution in [3.05, 3.63) is 95.9 Å². The van der Waals surface area contributed by atoms with Gasteiger partial charge in [-0.3, -0.25) is 4.79 Å². The molecular weight excluding hydrogens is 496 g/mol. The van der Waals surface area contributed by atoms with Crippen LogP contribution >= 0.6 is 0 Å². The largest absolute Gasteiger partial charge is 0.446 e. The first kappa shape index (κ1) is 24.7. The van der Waals surface area contributed by atoms with Crippen LogP contribution in [0.15, 0.2) is 80.5 Å². The van der Waals surface area contributed by atoms with Crippen molar-refractivity contribution < 1.29 is 18.0 Å². The van der Waals surface area contributed by atoms with Crippen LogP contribution in [0.3, 0.4) is 0 Å². The number of hydrogen-bond acceptors (Lipinski definition) is 9. The second-order valence-electron chi connectivity index (χ2n) is 10.1. The standard InChI is InChI=1S/C29H28N6O4/c1-18-17-38-26(32-18)23-9-6-11-35(23)27(36)22-14-20(24-31-10-12-37-24)13-21(15-22)25-33-34-28(39-25)29(2,30)16-19-7-4-3-5-8-19/h3-5,7-8,10,12-15,17,23H,6,9,11,16,30H2,1-2H3. The smallest absolute Gasteiger partial charge is 0.254 e. The fourth-order valence-electron chi connectivity index (χ4n) is 4.99. The zero-order valence-electron chi connectivity index (χ0n) is 21.7. The lowest BCUT2D eigenvalue weighted by Gasteiger charge is -2.23. The maximum atomic E-state index is 13.8. The molecule has 2 unspecified atom stereocenters. The molecule has 0 aliphatic carbocycles. The Hall–Kier alpha value is -4.57. The van der Waals surface area contributed by atoms with Crippen LogP contribution in [0.2, 0.25) is 0 Å². The molecule has 1 saturated heterocycles. The minimum Gasteiger partial charge on any atom is -0.446 e. The number of amides is 1. The van der Waals surface area contributed by atoms with Crippen molar-refractivity contribution in [2.45, 2.75) is 44.7 Å². The molecule has 0 bridgehead atoms. The summed E-state index contributed by atoms with van der Waals surface area (Å²) in [5.41, 5.74) is 9.17. The van der Waals surface area contributed by atoms with E-state index in [1.165, 1.54) is 6.26 Å². The van der Waals surface area contributed by atoms with Gasteiger partial charge >= 0.3 is 0 Å². The fraction of sp³-hybridized carbons (Fsp3) is 0.276. The first-order chi connectivity index (χ1) is 18.9. The van der Waals surface area contributed by atoms with E-state index < -0.39 is 5.54 Å². The number of aryl methyl sites for hydroxylation is 1. The number of likely N-dealkylation sites (tertiary alicyclic amines) is 1. The first-order valence-corrected chi connectivity index (χ1v) is 12.8. The van der Waals surface area contributed by atoms with Crippen LogP contribution in [0, 0.1) is 6.92 Å². The minimum atomic E-state index is -0.887. The molecule has 5 aromatic rings. The van der Waals surface area contributed by atoms with Gasteiger partial charge in [-0.05, 0) is 56.9 Å². The van der Waals surface area contributed by atoms with Crippen LogP contribution < -0.4 is 5.73 Å². The van der Waals surface area contributed by atoms with E-state index in [9.17, 15) is 4.79 Å². The van der Waals surface area contributed by atoms with Crippen molar-refractivity contribution >= 4 is 5.91 Å². The highest BCUT2D eigenvalue weighted by atomic mass is 16.4. The van der Waals surface area contributed by atoms with Crippen molar-refractivity contribution in [1.82, 2.24) is 25.1 Å². The molecule has 10 heteroatoms. The number of nitrogens with two attached hydrogens (primary N) is 1. The summed E-state index contributed by atoms with van der Waals surface area (Å²) in [7, 11) is 0. The zero-order valence-corrected chi connectivity index (χ0v) is 21.7. The van der Waals surface area contributed by atoms with Crippen LogP contribution in [-0.4, -0.2) is 37.5 Å². The lowest BCUT2D eigenvalue weighted by atomic mass is 9.94. The van der Waals surface area contributed by atoms with Crippen molar-refractivity contribution in [3.8, 4) is 22.9 Å². The number of carbonyl (C=O) groups is 1. The summed E-state index contributed by atoms with van der Waals surface area (Å²) in [6.07, 6.45) is 6.80. The molecule has 0 spiro atoms. The number of oxazole rings is 2. The quantitative estimate of drug-likeness (QED) is 0.309. The number of nitrogens with zero attached hydrogens (tertiary/aromatic N) is 5. The van der Waals surface area contributed by atoms with E-state index in [1.54, 1.807) is 29.5 Å². The fourth-order valence-corrected chi connectivity index (χ4v) is 4.99. The summed E-state index contributed by atoms with van der Waals surface area (Å²) >= 11 is 0. The summed E-state index contributed by atoms with van der Waals surface area (Å²) in [6.45, 7) is 4.32. The third-order valence-electron chi connectivity index (χ3n) is 6.87. The van der Waals surface area contributed by atoms with Crippen LogP contribution in [-0.2, 0) is 12.0 Å². The number of hydrogen-bond donors (Lipinski definition) is 1. The van der Waals surface area contributed by atoms with Gasteiger partial charge in [0.25, 0.3) is 5.91 Å². The second kappa shape index (κ2) is 9.95. The summed E-state index contributed by atoms with van der Waals surface area (Å²) in [6, 6.07) is 15.0. The Bertz CT molecular complexity index is 1590. The molecule has 3 aromatic heterocycles. The normalized spacial score (nSPS) is 16.9. The highest BCUT2D eigenvalue weighted by molar-refractivity contribution is 5.97. The van der Waals surface area contributed by atoms with Crippen molar-refractivity contribution in [3.63, 3.8) is 0 Å². The maximum Gasteiger partial charge on any atom is 0.254 e. The topological polar surface area (TPSA) is 137 Å². The van der Waals surface area contributed by atoms with Gasteiger partial charge in [-0.1, -0.05) is 30.3 Å². The highest BCUT2D eigenvalue weighted by Gasteiger charge is 2.34. The lowest BCUT2D eigenvalue weighted by Crippen LogP contribution is -2.35. The monoisotopic (exact) mass is 524 g/mol. The van der Waals surface area contributed by atoms with Gasteiger partial charge in [0, 0.05) is 23.2 Å². The molecule has 4 heterocycles. The summed E-state index contributed by atoms with van der Waals surface area (Å²) in [4.78, 5) is 24.4. The Morgan fingerprint density at radius 2 is 1.90 bits per heavy atom. The molecule has 6 rings (SSSR count). The molecule has 1 amide bonds. The van der Waals surface area contributed by atoms with Gasteiger partial charge in [0.15, 0.2) is 0 Å². The predicted octanol–water partition coefficient (Wildman–Crippen LogP) is 5.08. The number of carbonyl (C=O) groups excluding carboxylic acids is 1. The van der Waals surface area contributed by atoms with Gasteiger partial charge in [-0.2, -0.15) is 0 Å². The van der Waals surface area contributed by atoms with Gasteiger partial charge in [-0.25, -0.2) is 9.97 Å². The van der Waals surface area contributed by atoms with Crippen molar-refractivity contribution in [2.75, 3.05) is 6.54 Å². The first-order valence-electron chi connectivity index (χ1n) is 12.8. The average molecular weight is 525 g/mol. The molecule has 1 fully saturated rings. The third kappa shape index (κ3) is 4.98. The van der Waals surface area contributed by atoms with E-state index in [2.05, 4.69) is 20.2 Å². The van der Waals surface area contributed by atoms with Crippen LogP contribution in [0.5, 0.6) is 0 Å². The van der Waals surface area contributed by atoms with E-state index in [1.807, 2.05) is 50.2 Å². The highest BCUT2D eigenvalue weighted by Crippen LogP contribution is 2.35. The van der Waals surface area contributed by atoms with E-state index in [0.717, 1.165) is 24.1 Å². The van der Waals surface area contributed by atoms with Crippen molar-refractivity contribution in [2.24, 2.45) is 5.73 Å². The Morgan fingerprint density at radius 1 is 1.10 bits per heavy atom. The van der Waals surface area contributed by atoms with Crippen LogP contribution in [0.25, 0.3) is 22.9 Å². The Kier molecular flexibility index (Phi) is 6.32. The SMILES string of the molecule is Cc1coc(C2CCCN2C(=O)c2cc(-c3ncco3)cc(-c3nnc(C(C)(N)Cc4ccccc4)o3)c2)n1. The molecule has 0 saturated carbocycles. The Labute approximate surface area is 224 Å². The van der Waals surface area contributed by atoms with E-state index in [0.29, 0.717) is 47.3 Å². The van der Waals surface area contributed by atoms with Crippen LogP contribution in [0.1, 0.15) is 59.2 Å².